The van der Waals surface area contributed by atoms with Gasteiger partial charge in [0, 0.05) is 38.2 Å². The zero-order valence-corrected chi connectivity index (χ0v) is 14.9. The van der Waals surface area contributed by atoms with Crippen LogP contribution >= 0.6 is 0 Å². The highest BCUT2D eigenvalue weighted by Gasteiger charge is 2.15. The molecule has 0 radical (unpaired) electrons. The van der Waals surface area contributed by atoms with Crippen molar-refractivity contribution in [3.05, 3.63) is 64.3 Å². The van der Waals surface area contributed by atoms with Crippen molar-refractivity contribution in [1.82, 2.24) is 19.4 Å². The molecular formula is C19H22N4O3. The Balaban J connectivity index is 1.80. The molecule has 0 aliphatic heterocycles. The fourth-order valence-corrected chi connectivity index (χ4v) is 2.88. The summed E-state index contributed by atoms with van der Waals surface area (Å²) in [5.74, 6) is -0.112. The molecule has 0 atom stereocenters. The molecule has 3 rings (SSSR count). The minimum atomic E-state index is -0.201. The Kier molecular flexibility index (Phi) is 5.48. The van der Waals surface area contributed by atoms with Gasteiger partial charge in [-0.25, -0.2) is 4.79 Å². The predicted molar refractivity (Wildman–Crippen MR) is 99.1 cm³/mol. The van der Waals surface area contributed by atoms with Crippen LogP contribution in [0.2, 0.25) is 0 Å². The maximum Gasteiger partial charge on any atom is 0.326 e. The molecule has 7 heteroatoms. The number of aromatic nitrogens is 3. The van der Waals surface area contributed by atoms with E-state index < -0.39 is 0 Å². The van der Waals surface area contributed by atoms with Crippen molar-refractivity contribution in [1.29, 1.82) is 0 Å². The number of nitrogens with zero attached hydrogens (tertiary/aromatic N) is 3. The minimum Gasteiger partial charge on any atom is -0.380 e. The Bertz CT molecular complexity index is 946. The third-order valence-corrected chi connectivity index (χ3v) is 4.17. The van der Waals surface area contributed by atoms with Gasteiger partial charge in [0.05, 0.1) is 24.2 Å². The van der Waals surface area contributed by atoms with Gasteiger partial charge in [0.25, 0.3) is 5.91 Å². The van der Waals surface area contributed by atoms with Gasteiger partial charge < -0.3 is 14.6 Å². The lowest BCUT2D eigenvalue weighted by Gasteiger charge is -2.17. The first-order valence-electron chi connectivity index (χ1n) is 8.55. The molecule has 7 nitrogen and oxygen atoms in total. The number of benzene rings is 1. The molecule has 0 saturated heterocycles. The fraction of sp³-hybridized carbons (Fsp3) is 0.316. The van der Waals surface area contributed by atoms with Crippen LogP contribution in [0.5, 0.6) is 0 Å². The van der Waals surface area contributed by atoms with Crippen molar-refractivity contribution in [3.63, 3.8) is 0 Å². The molecule has 3 aromatic rings. The zero-order chi connectivity index (χ0) is 18.5. The van der Waals surface area contributed by atoms with Crippen molar-refractivity contribution in [2.75, 3.05) is 20.3 Å². The lowest BCUT2D eigenvalue weighted by atomic mass is 10.1. The molecule has 1 N–H and O–H groups in total. The SMILES string of the molecule is CCOCCn1c(=O)[nH]c2cc(C(=O)N(C)Cc3cccnc3)ccc21. The summed E-state index contributed by atoms with van der Waals surface area (Å²) in [6.07, 6.45) is 3.44. The second-order valence-electron chi connectivity index (χ2n) is 6.03. The van der Waals surface area contributed by atoms with Gasteiger partial charge >= 0.3 is 5.69 Å². The number of hydrogen-bond acceptors (Lipinski definition) is 4. The zero-order valence-electron chi connectivity index (χ0n) is 14.9. The second kappa shape index (κ2) is 7.97. The molecular weight excluding hydrogens is 332 g/mol. The quantitative estimate of drug-likeness (QED) is 0.659. The van der Waals surface area contributed by atoms with Crippen LogP contribution in [0.25, 0.3) is 11.0 Å². The molecule has 26 heavy (non-hydrogen) atoms. The average Bonchev–Trinajstić information content (AvgIpc) is 2.96. The number of ether oxygens (including phenoxy) is 1. The van der Waals surface area contributed by atoms with Gasteiger partial charge in [-0.05, 0) is 36.8 Å². The molecule has 0 fully saturated rings. The molecule has 136 valence electrons. The van der Waals surface area contributed by atoms with E-state index in [0.29, 0.717) is 37.4 Å². The molecule has 0 spiro atoms. The molecule has 0 bridgehead atoms. The van der Waals surface area contributed by atoms with Crippen molar-refractivity contribution >= 4 is 16.9 Å². The number of rotatable bonds is 7. The first-order chi connectivity index (χ1) is 12.6. The highest BCUT2D eigenvalue weighted by atomic mass is 16.5. The summed E-state index contributed by atoms with van der Waals surface area (Å²) < 4.78 is 6.94. The van der Waals surface area contributed by atoms with Crippen molar-refractivity contribution in [2.45, 2.75) is 20.0 Å². The first kappa shape index (κ1) is 17.9. The molecule has 1 amide bonds. The van der Waals surface area contributed by atoms with Crippen molar-refractivity contribution < 1.29 is 9.53 Å². The normalized spacial score (nSPS) is 11.0. The predicted octanol–water partition coefficient (Wildman–Crippen LogP) is 2.03. The fourth-order valence-electron chi connectivity index (χ4n) is 2.88. The lowest BCUT2D eigenvalue weighted by Crippen LogP contribution is -2.26. The minimum absolute atomic E-state index is 0.112. The summed E-state index contributed by atoms with van der Waals surface area (Å²) >= 11 is 0. The van der Waals surface area contributed by atoms with E-state index >= 15 is 0 Å². The maximum absolute atomic E-state index is 12.7. The second-order valence-corrected chi connectivity index (χ2v) is 6.03. The topological polar surface area (TPSA) is 80.2 Å². The van der Waals surface area contributed by atoms with E-state index in [9.17, 15) is 9.59 Å². The summed E-state index contributed by atoms with van der Waals surface area (Å²) in [6, 6.07) is 9.03. The van der Waals surface area contributed by atoms with E-state index in [1.54, 1.807) is 47.1 Å². The van der Waals surface area contributed by atoms with Crippen LogP contribution in [0.1, 0.15) is 22.8 Å². The van der Waals surface area contributed by atoms with Crippen molar-refractivity contribution in [3.8, 4) is 0 Å². The average molecular weight is 354 g/mol. The number of pyridine rings is 1. The summed E-state index contributed by atoms with van der Waals surface area (Å²) in [5, 5.41) is 0. The van der Waals surface area contributed by atoms with Gasteiger partial charge in [-0.15, -0.1) is 0 Å². The largest absolute Gasteiger partial charge is 0.380 e. The van der Waals surface area contributed by atoms with Gasteiger partial charge in [0.15, 0.2) is 0 Å². The van der Waals surface area contributed by atoms with Gasteiger partial charge in [0.1, 0.15) is 0 Å². The van der Waals surface area contributed by atoms with Gasteiger partial charge in [-0.2, -0.15) is 0 Å². The van der Waals surface area contributed by atoms with E-state index in [0.717, 1.165) is 11.1 Å². The number of nitrogens with one attached hydrogen (secondary N) is 1. The number of aromatic amines is 1. The molecule has 2 heterocycles. The number of amides is 1. The molecule has 0 aliphatic rings. The smallest absolute Gasteiger partial charge is 0.326 e. The summed E-state index contributed by atoms with van der Waals surface area (Å²) in [5.41, 5.74) is 2.70. The number of imidazole rings is 1. The molecule has 1 aromatic carbocycles. The highest BCUT2D eigenvalue weighted by molar-refractivity contribution is 5.97. The highest BCUT2D eigenvalue weighted by Crippen LogP contribution is 2.15. The number of H-pyrrole nitrogens is 1. The van der Waals surface area contributed by atoms with E-state index in [-0.39, 0.29) is 11.6 Å². The Morgan fingerprint density at radius 3 is 2.92 bits per heavy atom. The van der Waals surface area contributed by atoms with Crippen LogP contribution in [0.3, 0.4) is 0 Å². The van der Waals surface area contributed by atoms with Crippen LogP contribution in [0.4, 0.5) is 0 Å². The standard InChI is InChI=1S/C19H22N4O3/c1-3-26-10-9-23-17-7-6-15(11-16(17)21-19(23)25)18(24)22(2)13-14-5-4-8-20-12-14/h4-8,11-12H,3,9-10,13H2,1-2H3,(H,21,25). The van der Waals surface area contributed by atoms with Crippen molar-refractivity contribution in [2.24, 2.45) is 0 Å². The van der Waals surface area contributed by atoms with Crippen LogP contribution in [0.15, 0.2) is 47.5 Å². The number of fused-ring (bicyclic) bond motifs is 1. The first-order valence-corrected chi connectivity index (χ1v) is 8.55. The Morgan fingerprint density at radius 1 is 1.35 bits per heavy atom. The van der Waals surface area contributed by atoms with E-state index in [4.69, 9.17) is 4.74 Å². The number of carbonyl (C=O) groups is 1. The van der Waals surface area contributed by atoms with Crippen LogP contribution in [-0.4, -0.2) is 45.6 Å². The van der Waals surface area contributed by atoms with E-state index in [1.165, 1.54) is 0 Å². The van der Waals surface area contributed by atoms with Gasteiger partial charge in [-0.3, -0.25) is 14.3 Å². The third kappa shape index (κ3) is 3.83. The number of carbonyl (C=O) groups excluding carboxylic acids is 1. The summed E-state index contributed by atoms with van der Waals surface area (Å²) in [6.45, 7) is 3.94. The van der Waals surface area contributed by atoms with E-state index in [2.05, 4.69) is 9.97 Å². The molecule has 0 saturated carbocycles. The van der Waals surface area contributed by atoms with E-state index in [1.807, 2.05) is 19.1 Å². The van der Waals surface area contributed by atoms with Crippen LogP contribution in [0, 0.1) is 0 Å². The van der Waals surface area contributed by atoms with Gasteiger partial charge in [-0.1, -0.05) is 6.07 Å². The Morgan fingerprint density at radius 2 is 2.19 bits per heavy atom. The van der Waals surface area contributed by atoms with Crippen LogP contribution < -0.4 is 5.69 Å². The monoisotopic (exact) mass is 354 g/mol. The third-order valence-electron chi connectivity index (χ3n) is 4.17. The molecule has 2 aromatic heterocycles. The van der Waals surface area contributed by atoms with Crippen LogP contribution in [-0.2, 0) is 17.8 Å². The van der Waals surface area contributed by atoms with Gasteiger partial charge in [0.2, 0.25) is 0 Å². The number of hydrogen-bond donors (Lipinski definition) is 1. The summed E-state index contributed by atoms with van der Waals surface area (Å²) in [7, 11) is 1.75. The summed E-state index contributed by atoms with van der Waals surface area (Å²) in [4.78, 5) is 33.3. The Hall–Kier alpha value is -2.93. The Labute approximate surface area is 151 Å². The molecule has 0 unspecified atom stereocenters. The maximum atomic E-state index is 12.7. The lowest BCUT2D eigenvalue weighted by molar-refractivity contribution is 0.0785. The molecule has 0 aliphatic carbocycles.